The zero-order valence-corrected chi connectivity index (χ0v) is 29.3. The molecule has 0 amide bonds. The van der Waals surface area contributed by atoms with Crippen molar-refractivity contribution < 1.29 is 0 Å². The molecular formula is C48H46. The SMILES string of the molecule is CC(C)(C)c1ccc2c(c1)C(CCC1C(c3ccccc3)=Cc3ccccc31)c1cc(C(C)(C)C)cc(-c3cccc4ccccc34)c1-2. The first kappa shape index (κ1) is 30.6. The van der Waals surface area contributed by atoms with Crippen LogP contribution >= 0.6 is 0 Å². The van der Waals surface area contributed by atoms with Crippen molar-refractivity contribution in [2.24, 2.45) is 0 Å². The fourth-order valence-electron chi connectivity index (χ4n) is 8.32. The molecule has 0 saturated carbocycles. The summed E-state index contributed by atoms with van der Waals surface area (Å²) in [6, 6.07) is 48.3. The molecule has 0 radical (unpaired) electrons. The minimum atomic E-state index is 0.0257. The maximum atomic E-state index is 2.57. The smallest absolute Gasteiger partial charge is 0.0102 e. The van der Waals surface area contributed by atoms with Crippen molar-refractivity contribution in [1.82, 2.24) is 0 Å². The molecule has 2 atom stereocenters. The lowest BCUT2D eigenvalue weighted by molar-refractivity contribution is 0.584. The number of fused-ring (bicyclic) bond motifs is 5. The van der Waals surface area contributed by atoms with E-state index in [1.165, 1.54) is 77.5 Å². The van der Waals surface area contributed by atoms with Gasteiger partial charge in [-0.25, -0.2) is 0 Å². The molecule has 0 heteroatoms. The van der Waals surface area contributed by atoms with E-state index in [1.807, 2.05) is 0 Å². The van der Waals surface area contributed by atoms with Gasteiger partial charge in [0.05, 0.1) is 0 Å². The molecule has 0 aliphatic heterocycles. The number of hydrogen-bond donors (Lipinski definition) is 0. The summed E-state index contributed by atoms with van der Waals surface area (Å²) in [4.78, 5) is 0. The maximum absolute atomic E-state index is 2.57. The van der Waals surface area contributed by atoms with Gasteiger partial charge < -0.3 is 0 Å². The molecule has 0 bridgehead atoms. The van der Waals surface area contributed by atoms with E-state index >= 15 is 0 Å². The highest BCUT2D eigenvalue weighted by Gasteiger charge is 2.36. The Kier molecular flexibility index (Phi) is 7.33. The summed E-state index contributed by atoms with van der Waals surface area (Å²) in [5.74, 6) is 0.711. The summed E-state index contributed by atoms with van der Waals surface area (Å²) in [7, 11) is 0. The standard InChI is InChI=1S/C48H46/c1-47(2,3)34-23-24-41-43(28-34)40(26-25-39-37-21-13-11-18-33(37)27-42(39)32-15-8-7-9-16-32)45-30-35(48(4,5)6)29-44(46(41)45)38-22-14-19-31-17-10-12-20-36(31)38/h7-24,27-30,39-40H,25-26H2,1-6H3. The van der Waals surface area contributed by atoms with Crippen LogP contribution in [0.5, 0.6) is 0 Å². The zero-order valence-electron chi connectivity index (χ0n) is 29.3. The molecule has 2 aliphatic rings. The van der Waals surface area contributed by atoms with Crippen LogP contribution in [0.15, 0.2) is 127 Å². The molecule has 0 spiro atoms. The topological polar surface area (TPSA) is 0 Å². The minimum Gasteiger partial charge on any atom is -0.0622 e. The molecule has 0 saturated heterocycles. The molecule has 0 fully saturated rings. The fourth-order valence-corrected chi connectivity index (χ4v) is 8.32. The Hall–Kier alpha value is -4.68. The molecular weight excluding hydrogens is 577 g/mol. The molecule has 238 valence electrons. The molecule has 0 nitrogen and oxygen atoms in total. The highest BCUT2D eigenvalue weighted by atomic mass is 14.4. The zero-order chi connectivity index (χ0) is 33.2. The second-order valence-electron chi connectivity index (χ2n) is 16.1. The number of allylic oxidation sites excluding steroid dienone is 1. The first-order valence-corrected chi connectivity index (χ1v) is 17.8. The molecule has 0 N–H and O–H groups in total. The van der Waals surface area contributed by atoms with Crippen LogP contribution in [-0.4, -0.2) is 0 Å². The van der Waals surface area contributed by atoms with E-state index in [0.29, 0.717) is 11.8 Å². The van der Waals surface area contributed by atoms with Crippen LogP contribution in [0.4, 0.5) is 0 Å². The first-order valence-electron chi connectivity index (χ1n) is 17.8. The monoisotopic (exact) mass is 622 g/mol. The second kappa shape index (κ2) is 11.5. The second-order valence-corrected chi connectivity index (χ2v) is 16.1. The van der Waals surface area contributed by atoms with Crippen molar-refractivity contribution in [3.63, 3.8) is 0 Å². The summed E-state index contributed by atoms with van der Waals surface area (Å²) >= 11 is 0. The largest absolute Gasteiger partial charge is 0.0622 e. The molecule has 0 heterocycles. The molecule has 48 heavy (non-hydrogen) atoms. The minimum absolute atomic E-state index is 0.0257. The van der Waals surface area contributed by atoms with E-state index in [4.69, 9.17) is 0 Å². The Balaban J connectivity index is 1.31. The van der Waals surface area contributed by atoms with Crippen LogP contribution in [0, 0.1) is 0 Å². The van der Waals surface area contributed by atoms with Gasteiger partial charge in [-0.3, -0.25) is 0 Å². The Morgan fingerprint density at radius 2 is 1.15 bits per heavy atom. The van der Waals surface area contributed by atoms with Crippen molar-refractivity contribution in [1.29, 1.82) is 0 Å². The fraction of sp³-hybridized carbons (Fsp3) is 0.250. The lowest BCUT2D eigenvalue weighted by Gasteiger charge is -2.25. The van der Waals surface area contributed by atoms with Gasteiger partial charge in [0.15, 0.2) is 0 Å². The van der Waals surface area contributed by atoms with Gasteiger partial charge in [-0.05, 0) is 107 Å². The summed E-state index contributed by atoms with van der Waals surface area (Å²) in [6.45, 7) is 14.1. The molecule has 2 aliphatic carbocycles. The summed E-state index contributed by atoms with van der Waals surface area (Å²) < 4.78 is 0. The van der Waals surface area contributed by atoms with E-state index in [0.717, 1.165) is 12.8 Å². The van der Waals surface area contributed by atoms with Gasteiger partial charge in [0, 0.05) is 11.8 Å². The highest BCUT2D eigenvalue weighted by Crippen LogP contribution is 2.55. The average molecular weight is 623 g/mol. The van der Waals surface area contributed by atoms with Crippen LogP contribution in [0.1, 0.15) is 105 Å². The van der Waals surface area contributed by atoms with Crippen molar-refractivity contribution in [2.75, 3.05) is 0 Å². The molecule has 6 aromatic rings. The van der Waals surface area contributed by atoms with Crippen molar-refractivity contribution >= 4 is 22.4 Å². The van der Waals surface area contributed by atoms with E-state index < -0.39 is 0 Å². The van der Waals surface area contributed by atoms with Crippen LogP contribution in [0.2, 0.25) is 0 Å². The number of benzene rings is 6. The van der Waals surface area contributed by atoms with Gasteiger partial charge in [0.1, 0.15) is 0 Å². The van der Waals surface area contributed by atoms with E-state index in [1.54, 1.807) is 0 Å². The van der Waals surface area contributed by atoms with Gasteiger partial charge in [-0.1, -0.05) is 169 Å². The Morgan fingerprint density at radius 1 is 0.479 bits per heavy atom. The number of hydrogen-bond acceptors (Lipinski definition) is 0. The quantitative estimate of drug-likeness (QED) is 0.179. The van der Waals surface area contributed by atoms with Crippen molar-refractivity contribution in [3.8, 4) is 22.3 Å². The molecule has 6 aromatic carbocycles. The average Bonchev–Trinajstić information content (AvgIpc) is 3.61. The highest BCUT2D eigenvalue weighted by molar-refractivity contribution is 6.03. The predicted octanol–water partition coefficient (Wildman–Crippen LogP) is 13.3. The number of rotatable bonds is 5. The maximum Gasteiger partial charge on any atom is 0.0102 e. The lowest BCUT2D eigenvalue weighted by Crippen LogP contribution is -2.13. The van der Waals surface area contributed by atoms with Gasteiger partial charge in [-0.15, -0.1) is 0 Å². The van der Waals surface area contributed by atoms with Gasteiger partial charge in [0.2, 0.25) is 0 Å². The van der Waals surface area contributed by atoms with Gasteiger partial charge in [0.25, 0.3) is 0 Å². The van der Waals surface area contributed by atoms with E-state index in [2.05, 4.69) is 175 Å². The first-order chi connectivity index (χ1) is 23.1. The summed E-state index contributed by atoms with van der Waals surface area (Å²) in [6.07, 6.45) is 4.64. The van der Waals surface area contributed by atoms with Crippen molar-refractivity contribution in [2.45, 2.75) is 77.0 Å². The Bertz CT molecular complexity index is 2190. The van der Waals surface area contributed by atoms with Crippen LogP contribution < -0.4 is 0 Å². The molecule has 0 aromatic heterocycles. The third-order valence-electron chi connectivity index (χ3n) is 11.0. The van der Waals surface area contributed by atoms with Crippen LogP contribution in [0.25, 0.3) is 44.7 Å². The summed E-state index contributed by atoms with van der Waals surface area (Å²) in [5.41, 5.74) is 17.1. The lowest BCUT2D eigenvalue weighted by atomic mass is 9.79. The normalized spacial score (nSPS) is 16.8. The van der Waals surface area contributed by atoms with E-state index in [9.17, 15) is 0 Å². The van der Waals surface area contributed by atoms with Crippen molar-refractivity contribution in [3.05, 3.63) is 166 Å². The third kappa shape index (κ3) is 5.23. The third-order valence-corrected chi connectivity index (χ3v) is 11.0. The van der Waals surface area contributed by atoms with Crippen LogP contribution in [0.3, 0.4) is 0 Å². The van der Waals surface area contributed by atoms with E-state index in [-0.39, 0.29) is 10.8 Å². The Labute approximate surface area is 287 Å². The van der Waals surface area contributed by atoms with Gasteiger partial charge >= 0.3 is 0 Å². The van der Waals surface area contributed by atoms with Gasteiger partial charge in [-0.2, -0.15) is 0 Å². The molecule has 2 unspecified atom stereocenters. The summed E-state index contributed by atoms with van der Waals surface area (Å²) in [5, 5.41) is 2.62. The molecule has 8 rings (SSSR count). The Morgan fingerprint density at radius 3 is 1.94 bits per heavy atom. The predicted molar refractivity (Wildman–Crippen MR) is 207 cm³/mol. The van der Waals surface area contributed by atoms with Crippen LogP contribution in [-0.2, 0) is 10.8 Å².